The minimum Gasteiger partial charge on any atom is -0.490 e. The molecule has 0 bridgehead atoms. The van der Waals surface area contributed by atoms with Gasteiger partial charge in [0.1, 0.15) is 18.2 Å². The smallest absolute Gasteiger partial charge is 0.161 e. The van der Waals surface area contributed by atoms with Crippen molar-refractivity contribution in [2.75, 3.05) is 13.2 Å². The highest BCUT2D eigenvalue weighted by Gasteiger charge is 2.08. The summed E-state index contributed by atoms with van der Waals surface area (Å²) in [6, 6.07) is 21.8. The second-order valence-corrected chi connectivity index (χ2v) is 6.56. The van der Waals surface area contributed by atoms with E-state index in [9.17, 15) is 0 Å². The van der Waals surface area contributed by atoms with Crippen molar-refractivity contribution < 1.29 is 14.2 Å². The van der Waals surface area contributed by atoms with Crippen molar-refractivity contribution in [1.29, 1.82) is 0 Å². The number of nitrogens with one attached hydrogen (secondary N) is 1. The normalized spacial score (nSPS) is 10.8. The number of benzene rings is 3. The Labute approximate surface area is 170 Å². The molecule has 29 heavy (non-hydrogen) atoms. The Hall–Kier alpha value is -3.47. The van der Waals surface area contributed by atoms with Gasteiger partial charge in [-0.3, -0.25) is 0 Å². The molecule has 5 nitrogen and oxygen atoms in total. The lowest BCUT2D eigenvalue weighted by Crippen LogP contribution is -2.01. The molecule has 3 aromatic carbocycles. The second kappa shape index (κ2) is 8.69. The molecule has 4 rings (SSSR count). The molecule has 148 valence electrons. The summed E-state index contributed by atoms with van der Waals surface area (Å²) in [7, 11) is 0. The Bertz CT molecular complexity index is 1050. The van der Waals surface area contributed by atoms with Crippen molar-refractivity contribution in [2.45, 2.75) is 20.5 Å². The highest BCUT2D eigenvalue weighted by atomic mass is 16.5. The second-order valence-electron chi connectivity index (χ2n) is 6.56. The zero-order valence-corrected chi connectivity index (χ0v) is 16.6. The van der Waals surface area contributed by atoms with Crippen LogP contribution in [0.5, 0.6) is 17.2 Å². The van der Waals surface area contributed by atoms with E-state index in [1.54, 1.807) is 0 Å². The van der Waals surface area contributed by atoms with Crippen LogP contribution >= 0.6 is 0 Å². The number of aromatic nitrogens is 2. The molecule has 1 heterocycles. The van der Waals surface area contributed by atoms with Gasteiger partial charge in [0.15, 0.2) is 11.5 Å². The quantitative estimate of drug-likeness (QED) is 0.426. The average Bonchev–Trinajstić information content (AvgIpc) is 3.19. The molecule has 4 aromatic rings. The van der Waals surface area contributed by atoms with Gasteiger partial charge in [0.25, 0.3) is 0 Å². The summed E-state index contributed by atoms with van der Waals surface area (Å²) in [5.41, 5.74) is 4.04. The fourth-order valence-corrected chi connectivity index (χ4v) is 3.15. The minimum atomic E-state index is 0.455. The summed E-state index contributed by atoms with van der Waals surface area (Å²) in [6.07, 6.45) is 0. The number of hydrogen-bond donors (Lipinski definition) is 1. The standard InChI is InChI=1S/C24H24N2O3/c1-3-27-22-14-9-17(15-23(22)28-4-2)16-29-19-12-10-18(11-13-19)24-25-20-7-5-6-8-21(20)26-24/h5-15H,3-4,16H2,1-2H3,(H,25,26). The highest BCUT2D eigenvalue weighted by molar-refractivity contribution is 5.79. The summed E-state index contributed by atoms with van der Waals surface area (Å²) in [4.78, 5) is 7.98. The van der Waals surface area contributed by atoms with E-state index in [-0.39, 0.29) is 0 Å². The van der Waals surface area contributed by atoms with Crippen molar-refractivity contribution >= 4 is 11.0 Å². The lowest BCUT2D eigenvalue weighted by Gasteiger charge is -2.13. The van der Waals surface area contributed by atoms with E-state index in [2.05, 4.69) is 9.97 Å². The highest BCUT2D eigenvalue weighted by Crippen LogP contribution is 2.29. The maximum Gasteiger partial charge on any atom is 0.161 e. The first-order valence-corrected chi connectivity index (χ1v) is 9.83. The molecule has 0 amide bonds. The molecule has 0 unspecified atom stereocenters. The van der Waals surface area contributed by atoms with Crippen molar-refractivity contribution in [2.24, 2.45) is 0 Å². The van der Waals surface area contributed by atoms with Gasteiger partial charge in [-0.05, 0) is 67.9 Å². The first-order valence-electron chi connectivity index (χ1n) is 9.83. The van der Waals surface area contributed by atoms with Crippen LogP contribution in [0.3, 0.4) is 0 Å². The molecule has 1 N–H and O–H groups in total. The molecule has 0 aliphatic rings. The van der Waals surface area contributed by atoms with Gasteiger partial charge in [0, 0.05) is 5.56 Å². The number of aromatic amines is 1. The molecule has 0 radical (unpaired) electrons. The number of nitrogens with zero attached hydrogens (tertiary/aromatic N) is 1. The third-order valence-electron chi connectivity index (χ3n) is 4.53. The van der Waals surface area contributed by atoms with Crippen LogP contribution in [-0.4, -0.2) is 23.2 Å². The monoisotopic (exact) mass is 388 g/mol. The largest absolute Gasteiger partial charge is 0.490 e. The van der Waals surface area contributed by atoms with E-state index < -0.39 is 0 Å². The molecule has 0 atom stereocenters. The van der Waals surface area contributed by atoms with Gasteiger partial charge < -0.3 is 19.2 Å². The molecule has 0 aliphatic carbocycles. The Morgan fingerprint density at radius 3 is 2.31 bits per heavy atom. The number of para-hydroxylation sites is 2. The van der Waals surface area contributed by atoms with Crippen molar-refractivity contribution in [3.8, 4) is 28.6 Å². The first kappa shape index (κ1) is 18.9. The predicted octanol–water partition coefficient (Wildman–Crippen LogP) is 5.61. The molecule has 0 saturated carbocycles. The molecular weight excluding hydrogens is 364 g/mol. The molecule has 0 aliphatic heterocycles. The van der Waals surface area contributed by atoms with E-state index in [1.807, 2.05) is 80.6 Å². The van der Waals surface area contributed by atoms with Gasteiger partial charge in [-0.2, -0.15) is 0 Å². The lowest BCUT2D eigenvalue weighted by molar-refractivity contribution is 0.283. The average molecular weight is 388 g/mol. The zero-order chi connectivity index (χ0) is 20.1. The Kier molecular flexibility index (Phi) is 5.66. The summed E-state index contributed by atoms with van der Waals surface area (Å²) in [5.74, 6) is 3.16. The van der Waals surface area contributed by atoms with Gasteiger partial charge in [0.2, 0.25) is 0 Å². The first-order chi connectivity index (χ1) is 14.3. The van der Waals surface area contributed by atoms with Gasteiger partial charge in [-0.25, -0.2) is 4.98 Å². The Morgan fingerprint density at radius 2 is 1.55 bits per heavy atom. The maximum absolute atomic E-state index is 5.95. The van der Waals surface area contributed by atoms with Crippen LogP contribution in [0.2, 0.25) is 0 Å². The summed E-state index contributed by atoms with van der Waals surface area (Å²) in [5, 5.41) is 0. The van der Waals surface area contributed by atoms with Crippen molar-refractivity contribution in [3.05, 3.63) is 72.3 Å². The van der Waals surface area contributed by atoms with Crippen LogP contribution in [0.1, 0.15) is 19.4 Å². The SMILES string of the molecule is CCOc1ccc(COc2ccc(-c3nc4ccccc4[nH]3)cc2)cc1OCC. The number of hydrogen-bond acceptors (Lipinski definition) is 4. The number of ether oxygens (including phenoxy) is 3. The topological polar surface area (TPSA) is 56.4 Å². The van der Waals surface area contributed by atoms with Crippen LogP contribution in [-0.2, 0) is 6.61 Å². The number of fused-ring (bicyclic) bond motifs is 1. The number of imidazole rings is 1. The van der Waals surface area contributed by atoms with E-state index in [0.29, 0.717) is 19.8 Å². The zero-order valence-electron chi connectivity index (χ0n) is 16.6. The van der Waals surface area contributed by atoms with Crippen LogP contribution in [0.4, 0.5) is 0 Å². The molecule has 0 saturated heterocycles. The van der Waals surface area contributed by atoms with Gasteiger partial charge >= 0.3 is 0 Å². The van der Waals surface area contributed by atoms with Gasteiger partial charge in [0.05, 0.1) is 24.2 Å². The molecule has 0 fully saturated rings. The lowest BCUT2D eigenvalue weighted by atomic mass is 10.2. The Morgan fingerprint density at radius 1 is 0.793 bits per heavy atom. The van der Waals surface area contributed by atoms with Crippen LogP contribution in [0, 0.1) is 0 Å². The van der Waals surface area contributed by atoms with Gasteiger partial charge in [-0.1, -0.05) is 18.2 Å². The van der Waals surface area contributed by atoms with E-state index in [0.717, 1.165) is 45.2 Å². The van der Waals surface area contributed by atoms with Crippen molar-refractivity contribution in [1.82, 2.24) is 9.97 Å². The molecular formula is C24H24N2O3. The summed E-state index contributed by atoms with van der Waals surface area (Å²) < 4.78 is 17.2. The van der Waals surface area contributed by atoms with Crippen LogP contribution in [0.25, 0.3) is 22.4 Å². The number of H-pyrrole nitrogens is 1. The van der Waals surface area contributed by atoms with E-state index in [1.165, 1.54) is 0 Å². The minimum absolute atomic E-state index is 0.455. The van der Waals surface area contributed by atoms with E-state index in [4.69, 9.17) is 14.2 Å². The summed E-state index contributed by atoms with van der Waals surface area (Å²) >= 11 is 0. The third kappa shape index (κ3) is 4.35. The predicted molar refractivity (Wildman–Crippen MR) is 115 cm³/mol. The number of rotatable bonds is 8. The van der Waals surface area contributed by atoms with Crippen molar-refractivity contribution in [3.63, 3.8) is 0 Å². The fraction of sp³-hybridized carbons (Fsp3) is 0.208. The molecule has 1 aromatic heterocycles. The van der Waals surface area contributed by atoms with Gasteiger partial charge in [-0.15, -0.1) is 0 Å². The van der Waals surface area contributed by atoms with E-state index >= 15 is 0 Å². The fourth-order valence-electron chi connectivity index (χ4n) is 3.15. The summed E-state index contributed by atoms with van der Waals surface area (Å²) in [6.45, 7) is 5.57. The molecule has 0 spiro atoms. The Balaban J connectivity index is 1.44. The maximum atomic E-state index is 5.95. The van der Waals surface area contributed by atoms with Crippen LogP contribution < -0.4 is 14.2 Å². The molecule has 5 heteroatoms. The van der Waals surface area contributed by atoms with Crippen LogP contribution in [0.15, 0.2) is 66.7 Å². The third-order valence-corrected chi connectivity index (χ3v) is 4.53.